The highest BCUT2D eigenvalue weighted by Gasteiger charge is 2.22. The Morgan fingerprint density at radius 2 is 1.96 bits per heavy atom. The molecule has 0 saturated heterocycles. The molecule has 1 atom stereocenters. The van der Waals surface area contributed by atoms with Gasteiger partial charge in [-0.3, -0.25) is 4.79 Å². The van der Waals surface area contributed by atoms with Crippen LogP contribution in [-0.4, -0.2) is 37.4 Å². The second-order valence-corrected chi connectivity index (χ2v) is 7.62. The quantitative estimate of drug-likeness (QED) is 0.844. The van der Waals surface area contributed by atoms with E-state index in [9.17, 15) is 4.79 Å². The van der Waals surface area contributed by atoms with Gasteiger partial charge in [-0.25, -0.2) is 0 Å². The van der Waals surface area contributed by atoms with Crippen LogP contribution in [0.3, 0.4) is 0 Å². The first kappa shape index (κ1) is 17.0. The van der Waals surface area contributed by atoms with Gasteiger partial charge >= 0.3 is 0 Å². The van der Waals surface area contributed by atoms with E-state index in [0.29, 0.717) is 11.2 Å². The molecule has 0 spiro atoms. The highest BCUT2D eigenvalue weighted by Crippen LogP contribution is 2.24. The summed E-state index contributed by atoms with van der Waals surface area (Å²) in [5, 5.41) is 15.4. The average molecular weight is 345 g/mol. The van der Waals surface area contributed by atoms with E-state index in [1.54, 1.807) is 4.68 Å². The van der Waals surface area contributed by atoms with Crippen molar-refractivity contribution < 1.29 is 4.79 Å². The number of tetrazole rings is 1. The van der Waals surface area contributed by atoms with Crippen LogP contribution in [0, 0.1) is 6.92 Å². The molecule has 24 heavy (non-hydrogen) atoms. The smallest absolute Gasteiger partial charge is 0.233 e. The van der Waals surface area contributed by atoms with Crippen molar-refractivity contribution in [2.45, 2.75) is 62.4 Å². The highest BCUT2D eigenvalue weighted by molar-refractivity contribution is 8.00. The second-order valence-electron chi connectivity index (χ2n) is 6.31. The number of aromatic nitrogens is 4. The standard InChI is InChI=1S/C17H23N5OS/c1-12-8-10-15(11-9-12)22-17(19-20-21-22)24-13(2)16(23)18-14-6-4-3-5-7-14/h8-11,13-14H,3-7H2,1-2H3,(H,18,23). The molecule has 1 amide bonds. The molecule has 128 valence electrons. The Hall–Kier alpha value is -1.89. The molecule has 2 aromatic rings. The number of hydrogen-bond acceptors (Lipinski definition) is 5. The lowest BCUT2D eigenvalue weighted by molar-refractivity contribution is -0.121. The van der Waals surface area contributed by atoms with Gasteiger partial charge in [0.25, 0.3) is 0 Å². The van der Waals surface area contributed by atoms with Gasteiger partial charge in [0.2, 0.25) is 11.1 Å². The number of carbonyl (C=O) groups is 1. The molecular formula is C17H23N5OS. The van der Waals surface area contributed by atoms with Crippen molar-refractivity contribution in [3.8, 4) is 5.69 Å². The fraction of sp³-hybridized carbons (Fsp3) is 0.529. The first-order chi connectivity index (χ1) is 11.6. The van der Waals surface area contributed by atoms with Gasteiger partial charge in [-0.1, -0.05) is 48.7 Å². The number of carbonyl (C=O) groups excluding carboxylic acids is 1. The molecule has 1 fully saturated rings. The summed E-state index contributed by atoms with van der Waals surface area (Å²) in [4.78, 5) is 12.4. The maximum absolute atomic E-state index is 12.4. The summed E-state index contributed by atoms with van der Waals surface area (Å²) < 4.78 is 1.68. The maximum Gasteiger partial charge on any atom is 0.233 e. The van der Waals surface area contributed by atoms with Crippen molar-refractivity contribution >= 4 is 17.7 Å². The summed E-state index contributed by atoms with van der Waals surface area (Å²) in [5.41, 5.74) is 2.08. The van der Waals surface area contributed by atoms with E-state index < -0.39 is 0 Å². The summed E-state index contributed by atoms with van der Waals surface area (Å²) in [7, 11) is 0. The van der Waals surface area contributed by atoms with Gasteiger partial charge in [0.15, 0.2) is 0 Å². The third-order valence-corrected chi connectivity index (χ3v) is 5.36. The Morgan fingerprint density at radius 1 is 1.25 bits per heavy atom. The fourth-order valence-corrected chi connectivity index (χ4v) is 3.69. The van der Waals surface area contributed by atoms with Crippen LogP contribution in [0.25, 0.3) is 5.69 Å². The predicted molar refractivity (Wildman–Crippen MR) is 94.2 cm³/mol. The van der Waals surface area contributed by atoms with Crippen LogP contribution >= 0.6 is 11.8 Å². The van der Waals surface area contributed by atoms with Crippen LogP contribution < -0.4 is 5.32 Å². The number of nitrogens with zero attached hydrogens (tertiary/aromatic N) is 4. The van der Waals surface area contributed by atoms with Crippen molar-refractivity contribution in [1.82, 2.24) is 25.5 Å². The fourth-order valence-electron chi connectivity index (χ4n) is 2.88. The van der Waals surface area contributed by atoms with Gasteiger partial charge in [0, 0.05) is 6.04 Å². The Balaban J connectivity index is 1.64. The lowest BCUT2D eigenvalue weighted by Crippen LogP contribution is -2.40. The van der Waals surface area contributed by atoms with Crippen LogP contribution in [0.15, 0.2) is 29.4 Å². The van der Waals surface area contributed by atoms with Crippen LogP contribution in [0.1, 0.15) is 44.6 Å². The lowest BCUT2D eigenvalue weighted by Gasteiger charge is -2.24. The zero-order chi connectivity index (χ0) is 16.9. The molecule has 3 rings (SSSR count). The van der Waals surface area contributed by atoms with Crippen molar-refractivity contribution in [3.05, 3.63) is 29.8 Å². The van der Waals surface area contributed by atoms with Gasteiger partial charge in [0.1, 0.15) is 0 Å². The topological polar surface area (TPSA) is 72.7 Å². The number of thioether (sulfide) groups is 1. The molecule has 1 saturated carbocycles. The average Bonchev–Trinajstić information content (AvgIpc) is 3.04. The second kappa shape index (κ2) is 7.79. The Morgan fingerprint density at radius 3 is 2.67 bits per heavy atom. The molecule has 1 aromatic carbocycles. The Bertz CT molecular complexity index is 679. The number of rotatable bonds is 5. The van der Waals surface area contributed by atoms with E-state index in [1.807, 2.05) is 38.1 Å². The van der Waals surface area contributed by atoms with E-state index in [4.69, 9.17) is 0 Å². The summed E-state index contributed by atoms with van der Waals surface area (Å²) in [6, 6.07) is 8.31. The van der Waals surface area contributed by atoms with Gasteiger partial charge in [-0.2, -0.15) is 4.68 Å². The van der Waals surface area contributed by atoms with Crippen LogP contribution in [0.5, 0.6) is 0 Å². The molecule has 1 heterocycles. The first-order valence-corrected chi connectivity index (χ1v) is 9.34. The SMILES string of the molecule is Cc1ccc(-n2nnnc2SC(C)C(=O)NC2CCCCC2)cc1. The molecule has 1 unspecified atom stereocenters. The Labute approximate surface area is 146 Å². The maximum atomic E-state index is 12.4. The minimum Gasteiger partial charge on any atom is -0.352 e. The Kier molecular flexibility index (Phi) is 5.50. The molecule has 1 aliphatic rings. The molecule has 0 aliphatic heterocycles. The molecule has 7 heteroatoms. The molecule has 1 aliphatic carbocycles. The third-order valence-electron chi connectivity index (χ3n) is 4.32. The van der Waals surface area contributed by atoms with Crippen LogP contribution in [0.4, 0.5) is 0 Å². The van der Waals surface area contributed by atoms with Crippen LogP contribution in [-0.2, 0) is 4.79 Å². The van der Waals surface area contributed by atoms with E-state index in [2.05, 4.69) is 20.8 Å². The number of nitrogens with one attached hydrogen (secondary N) is 1. The van der Waals surface area contributed by atoms with Crippen molar-refractivity contribution in [1.29, 1.82) is 0 Å². The van der Waals surface area contributed by atoms with Gasteiger partial charge < -0.3 is 5.32 Å². The lowest BCUT2D eigenvalue weighted by atomic mass is 9.95. The molecule has 1 aromatic heterocycles. The van der Waals surface area contributed by atoms with E-state index in [1.165, 1.54) is 36.6 Å². The summed E-state index contributed by atoms with van der Waals surface area (Å²) >= 11 is 1.39. The van der Waals surface area contributed by atoms with E-state index in [0.717, 1.165) is 18.5 Å². The number of benzene rings is 1. The van der Waals surface area contributed by atoms with E-state index in [-0.39, 0.29) is 11.2 Å². The summed E-state index contributed by atoms with van der Waals surface area (Å²) in [6.07, 6.45) is 5.87. The number of hydrogen-bond donors (Lipinski definition) is 1. The molecule has 0 bridgehead atoms. The zero-order valence-corrected chi connectivity index (χ0v) is 14.9. The van der Waals surface area contributed by atoms with Crippen molar-refractivity contribution in [2.75, 3.05) is 0 Å². The monoisotopic (exact) mass is 345 g/mol. The number of amides is 1. The summed E-state index contributed by atoms with van der Waals surface area (Å²) in [6.45, 7) is 3.94. The van der Waals surface area contributed by atoms with E-state index >= 15 is 0 Å². The highest BCUT2D eigenvalue weighted by atomic mass is 32.2. The molecule has 6 nitrogen and oxygen atoms in total. The largest absolute Gasteiger partial charge is 0.352 e. The van der Waals surface area contributed by atoms with Gasteiger partial charge in [0.05, 0.1) is 10.9 Å². The molecule has 1 N–H and O–H groups in total. The minimum atomic E-state index is -0.234. The third kappa shape index (κ3) is 4.14. The van der Waals surface area contributed by atoms with Crippen molar-refractivity contribution in [2.24, 2.45) is 0 Å². The first-order valence-electron chi connectivity index (χ1n) is 8.46. The normalized spacial score (nSPS) is 16.8. The van der Waals surface area contributed by atoms with Gasteiger partial charge in [-0.05, 0) is 49.2 Å². The van der Waals surface area contributed by atoms with Gasteiger partial charge in [-0.15, -0.1) is 5.10 Å². The van der Waals surface area contributed by atoms with Crippen molar-refractivity contribution in [3.63, 3.8) is 0 Å². The summed E-state index contributed by atoms with van der Waals surface area (Å²) in [5.74, 6) is 0.0605. The molecular weight excluding hydrogens is 322 g/mol. The van der Waals surface area contributed by atoms with Crippen LogP contribution in [0.2, 0.25) is 0 Å². The minimum absolute atomic E-state index is 0.0605. The molecule has 0 radical (unpaired) electrons. The zero-order valence-electron chi connectivity index (χ0n) is 14.1. The predicted octanol–water partition coefficient (Wildman–Crippen LogP) is 2.90. The number of aryl methyl sites for hydroxylation is 1.